The van der Waals surface area contributed by atoms with Crippen molar-refractivity contribution in [1.29, 1.82) is 0 Å². The zero-order valence-corrected chi connectivity index (χ0v) is 20.8. The van der Waals surface area contributed by atoms with E-state index < -0.39 is 4.92 Å². The van der Waals surface area contributed by atoms with E-state index in [1.165, 1.54) is 25.0 Å². The fourth-order valence-corrected chi connectivity index (χ4v) is 5.60. The lowest BCUT2D eigenvalue weighted by Crippen LogP contribution is -2.22. The van der Waals surface area contributed by atoms with E-state index in [1.807, 2.05) is 13.0 Å². The zero-order valence-electron chi connectivity index (χ0n) is 19.3. The number of halogens is 1. The Morgan fingerprint density at radius 1 is 1.29 bits per heavy atom. The summed E-state index contributed by atoms with van der Waals surface area (Å²) in [5.74, 6) is 1.61. The van der Waals surface area contributed by atoms with Gasteiger partial charge in [-0.15, -0.1) is 0 Å². The van der Waals surface area contributed by atoms with Gasteiger partial charge < -0.3 is 9.47 Å². The third-order valence-electron chi connectivity index (χ3n) is 6.86. The summed E-state index contributed by atoms with van der Waals surface area (Å²) in [6.07, 6.45) is 6.25. The highest BCUT2D eigenvalue weighted by atomic mass is 79.9. The number of carbonyl (C=O) groups is 1. The minimum absolute atomic E-state index is 0.00204. The Morgan fingerprint density at radius 3 is 2.71 bits per heavy atom. The van der Waals surface area contributed by atoms with Crippen LogP contribution in [0.15, 0.2) is 46.0 Å². The number of ether oxygens (including phenoxy) is 2. The van der Waals surface area contributed by atoms with Gasteiger partial charge in [-0.2, -0.15) is 5.10 Å². The minimum Gasteiger partial charge on any atom is -0.490 e. The lowest BCUT2D eigenvalue weighted by atomic mass is 9.90. The molecule has 4 rings (SSSR count). The fraction of sp³-hybridized carbons (Fsp3) is 0.440. The maximum Gasteiger partial charge on any atom is 0.269 e. The summed E-state index contributed by atoms with van der Waals surface area (Å²) < 4.78 is 12.4. The van der Waals surface area contributed by atoms with E-state index in [9.17, 15) is 14.9 Å². The van der Waals surface area contributed by atoms with Gasteiger partial charge >= 0.3 is 0 Å². The number of nitro groups is 1. The summed E-state index contributed by atoms with van der Waals surface area (Å²) in [6, 6.07) is 9.85. The van der Waals surface area contributed by atoms with Crippen LogP contribution in [0.2, 0.25) is 0 Å². The maximum absolute atomic E-state index is 12.6. The monoisotopic (exact) mass is 529 g/mol. The smallest absolute Gasteiger partial charge is 0.269 e. The molecule has 3 atom stereocenters. The molecule has 2 fully saturated rings. The second-order valence-corrected chi connectivity index (χ2v) is 9.90. The molecular formula is C25H28BrN3O5. The van der Waals surface area contributed by atoms with Crippen molar-refractivity contribution in [2.24, 2.45) is 22.4 Å². The highest BCUT2D eigenvalue weighted by Crippen LogP contribution is 2.66. The number of nitrogens with one attached hydrogen (secondary N) is 1. The summed E-state index contributed by atoms with van der Waals surface area (Å²) in [5, 5.41) is 15.0. The molecular weight excluding hydrogens is 502 g/mol. The Hall–Kier alpha value is -2.94. The van der Waals surface area contributed by atoms with Gasteiger partial charge in [0.05, 0.1) is 22.2 Å². The molecule has 2 aliphatic carbocycles. The molecule has 8 nitrogen and oxygen atoms in total. The Balaban J connectivity index is 1.41. The van der Waals surface area contributed by atoms with Gasteiger partial charge in [-0.05, 0) is 82.4 Å². The van der Waals surface area contributed by atoms with Crippen molar-refractivity contribution in [3.8, 4) is 11.5 Å². The fourth-order valence-electron chi connectivity index (χ4n) is 5.03. The summed E-state index contributed by atoms with van der Waals surface area (Å²) in [7, 11) is 0. The van der Waals surface area contributed by atoms with E-state index in [0.717, 1.165) is 24.0 Å². The van der Waals surface area contributed by atoms with E-state index in [-0.39, 0.29) is 29.5 Å². The first-order valence-corrected chi connectivity index (χ1v) is 12.3. The second kappa shape index (κ2) is 10.1. The van der Waals surface area contributed by atoms with Gasteiger partial charge in [-0.25, -0.2) is 5.43 Å². The van der Waals surface area contributed by atoms with Crippen molar-refractivity contribution in [3.05, 3.63) is 62.1 Å². The van der Waals surface area contributed by atoms with E-state index in [0.29, 0.717) is 28.5 Å². The number of hydrazone groups is 1. The molecule has 2 aromatic rings. The first-order chi connectivity index (χ1) is 16.3. The molecule has 0 aromatic heterocycles. The number of carbonyl (C=O) groups excluding carboxylic acids is 1. The number of nitro benzene ring substituents is 1. The van der Waals surface area contributed by atoms with Crippen LogP contribution in [0.3, 0.4) is 0 Å². The Bertz CT molecular complexity index is 1100. The number of benzene rings is 2. The van der Waals surface area contributed by atoms with Crippen LogP contribution in [-0.2, 0) is 11.4 Å². The largest absolute Gasteiger partial charge is 0.490 e. The number of rotatable bonds is 9. The lowest BCUT2D eigenvalue weighted by Gasteiger charge is -2.15. The Labute approximate surface area is 207 Å². The van der Waals surface area contributed by atoms with Crippen LogP contribution >= 0.6 is 15.9 Å². The van der Waals surface area contributed by atoms with E-state index in [2.05, 4.69) is 33.4 Å². The Kier molecular flexibility index (Phi) is 7.21. The average Bonchev–Trinajstić information content (AvgIpc) is 3.44. The first-order valence-electron chi connectivity index (χ1n) is 11.5. The molecule has 2 aromatic carbocycles. The standard InChI is InChI=1S/C25H28BrN3O5/c1-3-33-21-13-17(14-27-28-24(30)22-19-6-4-5-11-25(19,22)2)12-20(26)23(21)34-15-16-7-9-18(10-8-16)29(31)32/h7-10,12-14,19,22H,3-6,11,15H2,1-2H3,(H,28,30)/b27-14-/t19-,22+,25+/m1/s1. The number of hydrogen-bond donors (Lipinski definition) is 1. The third-order valence-corrected chi connectivity index (χ3v) is 7.45. The van der Waals surface area contributed by atoms with Crippen LogP contribution in [0.1, 0.15) is 50.7 Å². The molecule has 1 N–H and O–H groups in total. The molecule has 0 bridgehead atoms. The van der Waals surface area contributed by atoms with Gasteiger partial charge in [0.15, 0.2) is 11.5 Å². The van der Waals surface area contributed by atoms with Gasteiger partial charge in [0.2, 0.25) is 5.91 Å². The predicted octanol–water partition coefficient (Wildman–Crippen LogP) is 5.61. The van der Waals surface area contributed by atoms with Crippen LogP contribution in [0.4, 0.5) is 5.69 Å². The van der Waals surface area contributed by atoms with Crippen LogP contribution in [0.25, 0.3) is 0 Å². The topological polar surface area (TPSA) is 103 Å². The minimum atomic E-state index is -0.435. The van der Waals surface area contributed by atoms with Gasteiger partial charge in [-0.3, -0.25) is 14.9 Å². The first kappa shape index (κ1) is 24.2. The number of hydrogen-bond acceptors (Lipinski definition) is 6. The molecule has 0 aliphatic heterocycles. The normalized spacial score (nSPS) is 23.3. The van der Waals surface area contributed by atoms with Crippen molar-refractivity contribution >= 4 is 33.7 Å². The summed E-state index contributed by atoms with van der Waals surface area (Å²) in [5.41, 5.74) is 4.43. The molecule has 180 valence electrons. The van der Waals surface area contributed by atoms with E-state index >= 15 is 0 Å². The highest BCUT2D eigenvalue weighted by molar-refractivity contribution is 9.10. The van der Waals surface area contributed by atoms with Crippen LogP contribution in [-0.4, -0.2) is 23.7 Å². The molecule has 0 unspecified atom stereocenters. The molecule has 2 aliphatic rings. The van der Waals surface area contributed by atoms with Crippen molar-refractivity contribution in [2.75, 3.05) is 6.61 Å². The molecule has 34 heavy (non-hydrogen) atoms. The predicted molar refractivity (Wildman–Crippen MR) is 132 cm³/mol. The van der Waals surface area contributed by atoms with Gasteiger partial charge in [0, 0.05) is 18.1 Å². The molecule has 0 radical (unpaired) electrons. The number of amides is 1. The maximum atomic E-state index is 12.6. The molecule has 0 saturated heterocycles. The van der Waals surface area contributed by atoms with E-state index in [1.54, 1.807) is 24.4 Å². The van der Waals surface area contributed by atoms with Crippen molar-refractivity contribution < 1.29 is 19.2 Å². The van der Waals surface area contributed by atoms with Crippen LogP contribution < -0.4 is 14.9 Å². The zero-order chi connectivity index (χ0) is 24.3. The lowest BCUT2D eigenvalue weighted by molar-refractivity contribution is -0.384. The third kappa shape index (κ3) is 5.09. The van der Waals surface area contributed by atoms with Gasteiger partial charge in [0.1, 0.15) is 6.61 Å². The molecule has 2 saturated carbocycles. The Morgan fingerprint density at radius 2 is 2.06 bits per heavy atom. The van der Waals surface area contributed by atoms with Gasteiger partial charge in [-0.1, -0.05) is 19.8 Å². The molecule has 0 heterocycles. The second-order valence-electron chi connectivity index (χ2n) is 9.05. The molecule has 1 amide bonds. The van der Waals surface area contributed by atoms with Crippen molar-refractivity contribution in [3.63, 3.8) is 0 Å². The van der Waals surface area contributed by atoms with E-state index in [4.69, 9.17) is 9.47 Å². The van der Waals surface area contributed by atoms with Crippen molar-refractivity contribution in [2.45, 2.75) is 46.1 Å². The highest BCUT2D eigenvalue weighted by Gasteiger charge is 2.64. The number of nitrogens with zero attached hydrogens (tertiary/aromatic N) is 2. The molecule has 0 spiro atoms. The summed E-state index contributed by atoms with van der Waals surface area (Å²) >= 11 is 3.53. The van der Waals surface area contributed by atoms with Crippen LogP contribution in [0, 0.1) is 27.4 Å². The van der Waals surface area contributed by atoms with Crippen LogP contribution in [0.5, 0.6) is 11.5 Å². The van der Waals surface area contributed by atoms with Crippen molar-refractivity contribution in [1.82, 2.24) is 5.43 Å². The summed E-state index contributed by atoms with van der Waals surface area (Å²) in [4.78, 5) is 23.0. The van der Waals surface area contributed by atoms with Gasteiger partial charge in [0.25, 0.3) is 5.69 Å². The quantitative estimate of drug-likeness (QED) is 0.258. The molecule has 9 heteroatoms. The summed E-state index contributed by atoms with van der Waals surface area (Å²) in [6.45, 7) is 4.76. The number of non-ortho nitro benzene ring substituents is 1. The SMILES string of the molecule is CCOc1cc(/C=N\NC(=O)[C@@H]2[C@H]3CCCC[C@@]32C)cc(Br)c1OCc1ccc([N+](=O)[O-])cc1. The average molecular weight is 530 g/mol. The number of fused-ring (bicyclic) bond motifs is 1.